The number of hydrogen-bond donors (Lipinski definition) is 0. The SMILES string of the molecule is CC1(C)c2ccccc2-c2ccc(N(c3ccccc3)c3ccc(-c4ccccc4)c4c5ccccc5n(-c5ccccc5)c34)cc21. The van der Waals surface area contributed by atoms with Crippen molar-refractivity contribution >= 4 is 38.9 Å². The van der Waals surface area contributed by atoms with E-state index in [1.807, 2.05) is 0 Å². The van der Waals surface area contributed by atoms with Crippen LogP contribution in [0.2, 0.25) is 0 Å². The second kappa shape index (κ2) is 10.6. The van der Waals surface area contributed by atoms with E-state index in [0.29, 0.717) is 0 Å². The van der Waals surface area contributed by atoms with Gasteiger partial charge in [-0.05, 0) is 81.9 Å². The van der Waals surface area contributed by atoms with E-state index in [0.717, 1.165) is 22.7 Å². The second-order valence-electron chi connectivity index (χ2n) is 13.0. The Balaban J connectivity index is 1.39. The van der Waals surface area contributed by atoms with E-state index < -0.39 is 0 Å². The minimum atomic E-state index is -0.101. The Kier molecular flexibility index (Phi) is 6.20. The number of nitrogens with zero attached hydrogens (tertiary/aromatic N) is 2. The lowest BCUT2D eigenvalue weighted by atomic mass is 9.82. The number of anilines is 3. The Hall–Kier alpha value is -5.86. The molecule has 0 saturated heterocycles. The van der Waals surface area contributed by atoms with Crippen molar-refractivity contribution in [1.29, 1.82) is 0 Å². The van der Waals surface area contributed by atoms with Gasteiger partial charge >= 0.3 is 0 Å². The van der Waals surface area contributed by atoms with E-state index in [1.165, 1.54) is 55.2 Å². The maximum absolute atomic E-state index is 2.45. The monoisotopic (exact) mass is 602 g/mol. The number of hydrogen-bond acceptors (Lipinski definition) is 1. The molecule has 47 heavy (non-hydrogen) atoms. The summed E-state index contributed by atoms with van der Waals surface area (Å²) in [5.41, 5.74) is 14.7. The van der Waals surface area contributed by atoms with Gasteiger partial charge in [-0.15, -0.1) is 0 Å². The average Bonchev–Trinajstić information content (AvgIpc) is 3.59. The van der Waals surface area contributed by atoms with Crippen LogP contribution >= 0.6 is 0 Å². The van der Waals surface area contributed by atoms with Gasteiger partial charge in [-0.2, -0.15) is 0 Å². The van der Waals surface area contributed by atoms with E-state index in [-0.39, 0.29) is 5.41 Å². The fraction of sp³-hybridized carbons (Fsp3) is 0.0667. The highest BCUT2D eigenvalue weighted by Gasteiger charge is 2.36. The molecule has 2 nitrogen and oxygen atoms in total. The van der Waals surface area contributed by atoms with Crippen molar-refractivity contribution in [2.45, 2.75) is 19.3 Å². The molecule has 0 spiro atoms. The Labute approximate surface area is 275 Å². The highest BCUT2D eigenvalue weighted by Crippen LogP contribution is 2.52. The van der Waals surface area contributed by atoms with E-state index in [1.54, 1.807) is 0 Å². The molecule has 224 valence electrons. The van der Waals surface area contributed by atoms with Crippen molar-refractivity contribution in [3.63, 3.8) is 0 Å². The Morgan fingerprint density at radius 1 is 0.489 bits per heavy atom. The predicted molar refractivity (Wildman–Crippen MR) is 198 cm³/mol. The van der Waals surface area contributed by atoms with Gasteiger partial charge in [0.25, 0.3) is 0 Å². The van der Waals surface area contributed by atoms with Crippen molar-refractivity contribution < 1.29 is 0 Å². The molecular weight excluding hydrogens is 569 g/mol. The maximum Gasteiger partial charge on any atom is 0.0788 e. The zero-order chi connectivity index (χ0) is 31.5. The van der Waals surface area contributed by atoms with Crippen molar-refractivity contribution in [1.82, 2.24) is 4.57 Å². The fourth-order valence-electron chi connectivity index (χ4n) is 7.80. The van der Waals surface area contributed by atoms with Gasteiger partial charge in [-0.1, -0.05) is 135 Å². The number of benzene rings is 7. The van der Waals surface area contributed by atoms with Gasteiger partial charge in [0.05, 0.1) is 16.7 Å². The third-order valence-electron chi connectivity index (χ3n) is 9.97. The molecule has 0 aliphatic heterocycles. The van der Waals surface area contributed by atoms with Crippen LogP contribution in [0.4, 0.5) is 17.1 Å². The van der Waals surface area contributed by atoms with Crippen LogP contribution in [0.5, 0.6) is 0 Å². The minimum absolute atomic E-state index is 0.101. The van der Waals surface area contributed by atoms with Crippen molar-refractivity contribution in [3.8, 4) is 27.9 Å². The zero-order valence-electron chi connectivity index (χ0n) is 26.6. The lowest BCUT2D eigenvalue weighted by Gasteiger charge is -2.29. The molecule has 0 atom stereocenters. The molecule has 2 heteroatoms. The minimum Gasteiger partial charge on any atom is -0.308 e. The topological polar surface area (TPSA) is 8.17 Å². The van der Waals surface area contributed by atoms with E-state index >= 15 is 0 Å². The van der Waals surface area contributed by atoms with Gasteiger partial charge in [0.2, 0.25) is 0 Å². The Morgan fingerprint density at radius 3 is 1.89 bits per heavy atom. The second-order valence-corrected chi connectivity index (χ2v) is 13.0. The molecule has 1 heterocycles. The molecule has 0 bridgehead atoms. The molecule has 7 aromatic carbocycles. The number of rotatable bonds is 5. The van der Waals surface area contributed by atoms with Crippen LogP contribution < -0.4 is 4.90 Å². The summed E-state index contributed by atoms with van der Waals surface area (Å²) < 4.78 is 2.45. The summed E-state index contributed by atoms with van der Waals surface area (Å²) in [4.78, 5) is 2.45. The lowest BCUT2D eigenvalue weighted by molar-refractivity contribution is 0.660. The zero-order valence-corrected chi connectivity index (χ0v) is 26.6. The largest absolute Gasteiger partial charge is 0.308 e. The Bertz CT molecular complexity index is 2420. The Morgan fingerprint density at radius 2 is 1.11 bits per heavy atom. The van der Waals surface area contributed by atoms with Crippen molar-refractivity contribution in [2.75, 3.05) is 4.90 Å². The molecule has 1 aliphatic rings. The van der Waals surface area contributed by atoms with Gasteiger partial charge < -0.3 is 9.47 Å². The quantitative estimate of drug-likeness (QED) is 0.190. The molecule has 0 radical (unpaired) electrons. The average molecular weight is 603 g/mol. The van der Waals surface area contributed by atoms with Crippen LogP contribution in [0, 0.1) is 0 Å². The van der Waals surface area contributed by atoms with E-state index in [2.05, 4.69) is 193 Å². The van der Waals surface area contributed by atoms with Gasteiger partial charge in [-0.25, -0.2) is 0 Å². The summed E-state index contributed by atoms with van der Waals surface area (Å²) in [6, 6.07) is 61.8. The number of aromatic nitrogens is 1. The number of para-hydroxylation sites is 3. The fourth-order valence-corrected chi connectivity index (χ4v) is 7.80. The smallest absolute Gasteiger partial charge is 0.0788 e. The predicted octanol–water partition coefficient (Wildman–Crippen LogP) is 12.2. The molecule has 8 aromatic rings. The summed E-state index contributed by atoms with van der Waals surface area (Å²) in [7, 11) is 0. The first-order chi connectivity index (χ1) is 23.1. The summed E-state index contributed by atoms with van der Waals surface area (Å²) in [6.07, 6.45) is 0. The van der Waals surface area contributed by atoms with Gasteiger partial charge in [0.1, 0.15) is 0 Å². The highest BCUT2D eigenvalue weighted by atomic mass is 15.2. The van der Waals surface area contributed by atoms with Gasteiger partial charge in [0.15, 0.2) is 0 Å². The van der Waals surface area contributed by atoms with Crippen LogP contribution in [0.3, 0.4) is 0 Å². The third kappa shape index (κ3) is 4.18. The van der Waals surface area contributed by atoms with Crippen molar-refractivity contribution in [3.05, 3.63) is 181 Å². The molecule has 1 aromatic heterocycles. The number of fused-ring (bicyclic) bond motifs is 6. The maximum atomic E-state index is 2.45. The van der Waals surface area contributed by atoms with E-state index in [9.17, 15) is 0 Å². The first-order valence-corrected chi connectivity index (χ1v) is 16.4. The van der Waals surface area contributed by atoms with Crippen LogP contribution in [0.25, 0.3) is 49.7 Å². The molecule has 9 rings (SSSR count). The molecule has 0 N–H and O–H groups in total. The van der Waals surface area contributed by atoms with Crippen LogP contribution in [0.15, 0.2) is 170 Å². The summed E-state index contributed by atoms with van der Waals surface area (Å²) in [5, 5.41) is 2.49. The summed E-state index contributed by atoms with van der Waals surface area (Å²) >= 11 is 0. The standard InChI is InChI=1S/C45H34N2/c1-45(2)39-24-14-12-22-36(39)37-27-26-34(30-40(37)45)46(32-18-8-4-9-19-32)42-29-28-35(31-16-6-3-7-17-31)43-38-23-13-15-25-41(38)47(44(42)43)33-20-10-5-11-21-33/h3-30H,1-2H3. The third-order valence-corrected chi connectivity index (χ3v) is 9.97. The van der Waals surface area contributed by atoms with Crippen LogP contribution in [-0.2, 0) is 5.41 Å². The molecule has 0 saturated carbocycles. The van der Waals surface area contributed by atoms with Gasteiger partial charge in [-0.3, -0.25) is 0 Å². The van der Waals surface area contributed by atoms with Crippen LogP contribution in [0.1, 0.15) is 25.0 Å². The first kappa shape index (κ1) is 27.5. The molecule has 0 fully saturated rings. The highest BCUT2D eigenvalue weighted by molar-refractivity contribution is 6.20. The van der Waals surface area contributed by atoms with E-state index in [4.69, 9.17) is 0 Å². The summed E-state index contributed by atoms with van der Waals surface area (Å²) in [5.74, 6) is 0. The molecular formula is C45H34N2. The summed E-state index contributed by atoms with van der Waals surface area (Å²) in [6.45, 7) is 4.71. The van der Waals surface area contributed by atoms with Crippen molar-refractivity contribution in [2.24, 2.45) is 0 Å². The van der Waals surface area contributed by atoms with Gasteiger partial charge in [0, 0.05) is 33.2 Å². The normalized spacial score (nSPS) is 13.1. The molecule has 0 unspecified atom stereocenters. The lowest BCUT2D eigenvalue weighted by Crippen LogP contribution is -2.17. The van der Waals surface area contributed by atoms with Crippen LogP contribution in [-0.4, -0.2) is 4.57 Å². The first-order valence-electron chi connectivity index (χ1n) is 16.4. The molecule has 0 amide bonds. The molecule has 1 aliphatic carbocycles.